The van der Waals surface area contributed by atoms with E-state index < -0.39 is 17.2 Å². The monoisotopic (exact) mass is 1090 g/mol. The van der Waals surface area contributed by atoms with Gasteiger partial charge in [0.15, 0.2) is 23.1 Å². The number of aliphatic hydroxyl groups is 1. The van der Waals surface area contributed by atoms with E-state index in [-0.39, 0.29) is 6.61 Å². The molecule has 75 heavy (non-hydrogen) atoms. The van der Waals surface area contributed by atoms with Crippen molar-refractivity contribution in [2.24, 2.45) is 0 Å². The number of benzene rings is 2. The SMILES string of the molecule is COc1cc(OCc2csc(C3(O)CCC4(CC3)OCCO4)n2)c2cc(-c3cn4nc(C)sc4n3)oc2c1.COc1cc(OCc2csc(C3=CCC4(CC3)OCCO4)n2)c2cc(-c3cn4nc(C)sc4n3)oc2c1. The van der Waals surface area contributed by atoms with Crippen molar-refractivity contribution in [3.63, 3.8) is 0 Å². The highest BCUT2D eigenvalue weighted by Crippen LogP contribution is 2.46. The van der Waals surface area contributed by atoms with Crippen molar-refractivity contribution >= 4 is 82.8 Å². The molecule has 2 saturated heterocycles. The second-order valence-corrected chi connectivity index (χ2v) is 22.8. The van der Waals surface area contributed by atoms with Crippen LogP contribution in [0, 0.1) is 13.8 Å². The molecular weight excluding hydrogens is 1040 g/mol. The number of fused-ring (bicyclic) bond motifs is 4. The zero-order valence-corrected chi connectivity index (χ0v) is 44.5. The van der Waals surface area contributed by atoms with E-state index in [1.807, 2.05) is 73.4 Å². The van der Waals surface area contributed by atoms with Crippen LogP contribution < -0.4 is 18.9 Å². The molecule has 4 aliphatic rings. The molecule has 2 aromatic carbocycles. The summed E-state index contributed by atoms with van der Waals surface area (Å²) < 4.78 is 62.5. The van der Waals surface area contributed by atoms with Crippen molar-refractivity contribution in [1.82, 2.24) is 39.2 Å². The van der Waals surface area contributed by atoms with Gasteiger partial charge in [0.25, 0.3) is 0 Å². The summed E-state index contributed by atoms with van der Waals surface area (Å²) >= 11 is 6.16. The van der Waals surface area contributed by atoms with Crippen molar-refractivity contribution in [1.29, 1.82) is 0 Å². The molecule has 3 fully saturated rings. The van der Waals surface area contributed by atoms with Crippen molar-refractivity contribution < 1.29 is 51.8 Å². The Morgan fingerprint density at radius 1 is 0.627 bits per heavy atom. The predicted octanol–water partition coefficient (Wildman–Crippen LogP) is 10.9. The normalized spacial score (nSPS) is 17.9. The van der Waals surface area contributed by atoms with Gasteiger partial charge >= 0.3 is 0 Å². The second kappa shape index (κ2) is 19.4. The molecule has 0 unspecified atom stereocenters. The third-order valence-corrected chi connectivity index (χ3v) is 17.6. The van der Waals surface area contributed by atoms with Crippen LogP contribution in [0.4, 0.5) is 0 Å². The fourth-order valence-corrected chi connectivity index (χ4v) is 13.2. The molecule has 8 aromatic heterocycles. The summed E-state index contributed by atoms with van der Waals surface area (Å²) in [6.07, 6.45) is 10.9. The van der Waals surface area contributed by atoms with Crippen LogP contribution in [0.1, 0.15) is 76.4 Å². The first-order valence-electron chi connectivity index (χ1n) is 24.5. The number of thiazole rings is 2. The maximum absolute atomic E-state index is 11.3. The van der Waals surface area contributed by atoms with Crippen molar-refractivity contribution in [3.8, 4) is 45.9 Å². The smallest absolute Gasteiger partial charge is 0.212 e. The summed E-state index contributed by atoms with van der Waals surface area (Å²) in [7, 11) is 3.23. The van der Waals surface area contributed by atoms with Crippen LogP contribution in [0.2, 0.25) is 0 Å². The Morgan fingerprint density at radius 2 is 1.16 bits per heavy atom. The molecule has 10 aromatic rings. The molecule has 0 atom stereocenters. The highest BCUT2D eigenvalue weighted by atomic mass is 32.1. The molecule has 1 saturated carbocycles. The number of furan rings is 2. The fraction of sp³-hybridized carbons (Fsp3) is 0.385. The van der Waals surface area contributed by atoms with Gasteiger partial charge in [0.1, 0.15) is 84.4 Å². The highest BCUT2D eigenvalue weighted by Gasteiger charge is 2.47. The Morgan fingerprint density at radius 3 is 1.68 bits per heavy atom. The van der Waals surface area contributed by atoms with Crippen LogP contribution in [-0.4, -0.2) is 96.5 Å². The summed E-state index contributed by atoms with van der Waals surface area (Å²) in [5.41, 5.74) is 4.63. The van der Waals surface area contributed by atoms with Gasteiger partial charge in [-0.25, -0.2) is 29.0 Å². The molecule has 19 nitrogen and oxygen atoms in total. The van der Waals surface area contributed by atoms with Crippen molar-refractivity contribution in [3.05, 3.63) is 97.0 Å². The average molecular weight is 1090 g/mol. The van der Waals surface area contributed by atoms with E-state index in [1.165, 1.54) is 39.6 Å². The molecule has 2 aliphatic carbocycles. The Bertz CT molecular complexity index is 3680. The van der Waals surface area contributed by atoms with Crippen LogP contribution in [0.5, 0.6) is 23.0 Å². The summed E-state index contributed by atoms with van der Waals surface area (Å²) in [5.74, 6) is 2.89. The zero-order chi connectivity index (χ0) is 50.9. The highest BCUT2D eigenvalue weighted by molar-refractivity contribution is 7.17. The minimum absolute atomic E-state index is 0.245. The Kier molecular flexibility index (Phi) is 12.5. The topological polar surface area (TPSA) is 207 Å². The Labute approximate surface area is 444 Å². The van der Waals surface area contributed by atoms with Crippen LogP contribution >= 0.6 is 45.3 Å². The van der Waals surface area contributed by atoms with Gasteiger partial charge in [-0.2, -0.15) is 10.2 Å². The Hall–Kier alpha value is -6.28. The molecule has 2 spiro atoms. The van der Waals surface area contributed by atoms with Gasteiger partial charge in [-0.05, 0) is 50.8 Å². The molecule has 10 heterocycles. The van der Waals surface area contributed by atoms with Gasteiger partial charge in [0.05, 0.1) is 75.2 Å². The zero-order valence-electron chi connectivity index (χ0n) is 41.3. The van der Waals surface area contributed by atoms with E-state index in [2.05, 4.69) is 26.2 Å². The van der Waals surface area contributed by atoms with Gasteiger partial charge < -0.3 is 51.8 Å². The van der Waals surface area contributed by atoms with E-state index in [0.717, 1.165) is 72.1 Å². The van der Waals surface area contributed by atoms with Gasteiger partial charge in [-0.1, -0.05) is 28.7 Å². The van der Waals surface area contributed by atoms with Crippen LogP contribution in [0.15, 0.2) is 74.5 Å². The molecule has 14 rings (SSSR count). The number of hydrogen-bond acceptors (Lipinski definition) is 21. The third kappa shape index (κ3) is 9.47. The van der Waals surface area contributed by atoms with Gasteiger partial charge in [-0.15, -0.1) is 22.7 Å². The molecule has 0 bridgehead atoms. The number of ether oxygens (including phenoxy) is 8. The number of aromatic nitrogens is 8. The Balaban J connectivity index is 0.000000144. The molecule has 388 valence electrons. The van der Waals surface area contributed by atoms with E-state index in [9.17, 15) is 5.11 Å². The number of hydrogen-bond donors (Lipinski definition) is 1. The number of aryl methyl sites for hydroxylation is 2. The maximum Gasteiger partial charge on any atom is 0.212 e. The molecule has 0 amide bonds. The second-order valence-electron chi connectivity index (χ2n) is 18.8. The lowest BCUT2D eigenvalue weighted by atomic mass is 9.82. The summed E-state index contributed by atoms with van der Waals surface area (Å²) in [6.45, 7) is 7.08. The number of rotatable bonds is 12. The van der Waals surface area contributed by atoms with Crippen molar-refractivity contribution in [2.75, 3.05) is 40.6 Å². The van der Waals surface area contributed by atoms with Crippen LogP contribution in [0.3, 0.4) is 0 Å². The minimum atomic E-state index is -0.974. The van der Waals surface area contributed by atoms with Gasteiger partial charge in [0.2, 0.25) is 9.92 Å². The minimum Gasteiger partial charge on any atom is -0.496 e. The van der Waals surface area contributed by atoms with Crippen molar-refractivity contribution in [2.45, 2.75) is 89.2 Å². The molecule has 2 aliphatic heterocycles. The predicted molar refractivity (Wildman–Crippen MR) is 281 cm³/mol. The summed E-state index contributed by atoms with van der Waals surface area (Å²) in [4.78, 5) is 20.5. The standard InChI is InChI=1S/C26H26N4O6S2.C26H24N4O5S2/c1-15-29-30-12-19(28-24(30)38-15)22-11-18-20(9-17(32-2)10-21(18)36-22)33-13-16-14-37-23(27-16)25(31)3-5-26(6-4-25)34-7-8-35-26;1-15-29-30-12-20(28-25(30)37-15)23-11-19-21(9-18(31-2)10-22(19)35-23)32-13-17-14-36-24(27-17)16-3-5-26(6-4-16)33-7-8-34-26/h9-12,14,31H,3-8,13H2,1-2H3;3,9-12,14H,4-8,13H2,1-2H3. The maximum atomic E-state index is 11.3. The largest absolute Gasteiger partial charge is 0.496 e. The lowest BCUT2D eigenvalue weighted by Gasteiger charge is -2.39. The quantitative estimate of drug-likeness (QED) is 0.121. The number of methoxy groups -OCH3 is 2. The lowest BCUT2D eigenvalue weighted by Crippen LogP contribution is -2.42. The van der Waals surface area contributed by atoms with E-state index in [0.29, 0.717) is 115 Å². The first-order chi connectivity index (χ1) is 36.5. The molecule has 23 heteroatoms. The first kappa shape index (κ1) is 48.4. The van der Waals surface area contributed by atoms with E-state index >= 15 is 0 Å². The fourth-order valence-electron chi connectivity index (χ4n) is 9.95. The molecule has 1 N–H and O–H groups in total. The van der Waals surface area contributed by atoms with Gasteiger partial charge in [-0.3, -0.25) is 0 Å². The van der Waals surface area contributed by atoms with E-state index in [1.54, 1.807) is 34.6 Å². The summed E-state index contributed by atoms with van der Waals surface area (Å²) in [6, 6.07) is 11.3. The average Bonchev–Trinajstić information content (AvgIpc) is 4.26. The van der Waals surface area contributed by atoms with Crippen LogP contribution in [-0.2, 0) is 37.8 Å². The molecular formula is C52H50N8O11S4. The van der Waals surface area contributed by atoms with Crippen LogP contribution in [0.25, 0.3) is 60.3 Å². The summed E-state index contributed by atoms with van der Waals surface area (Å²) in [5, 5.41) is 29.5. The first-order valence-corrected chi connectivity index (χ1v) is 27.9. The van der Waals surface area contributed by atoms with Gasteiger partial charge in [0, 0.05) is 60.7 Å². The molecule has 0 radical (unpaired) electrons. The number of imidazole rings is 2. The third-order valence-electron chi connectivity index (χ3n) is 13.8. The number of allylic oxidation sites excluding steroid dienone is 1. The number of nitrogens with zero attached hydrogens (tertiary/aromatic N) is 8. The van der Waals surface area contributed by atoms with E-state index in [4.69, 9.17) is 56.7 Å². The lowest BCUT2D eigenvalue weighted by molar-refractivity contribution is -0.204.